The van der Waals surface area contributed by atoms with E-state index < -0.39 is 5.97 Å². The number of aliphatic hydroxyl groups is 1. The Kier molecular flexibility index (Phi) is 4.22. The van der Waals surface area contributed by atoms with Gasteiger partial charge in [0, 0.05) is 23.5 Å². The number of anilines is 2. The van der Waals surface area contributed by atoms with Gasteiger partial charge in [0.1, 0.15) is 5.70 Å². The average Bonchev–Trinajstić information content (AvgIpc) is 3.09. The number of carbonyl (C=O) groups excluding carboxylic acids is 3. The van der Waals surface area contributed by atoms with Crippen molar-refractivity contribution in [3.63, 3.8) is 0 Å². The van der Waals surface area contributed by atoms with Crippen molar-refractivity contribution in [3.05, 3.63) is 35.0 Å². The van der Waals surface area contributed by atoms with E-state index in [-0.39, 0.29) is 49.2 Å². The molecule has 0 saturated heterocycles. The van der Waals surface area contributed by atoms with Gasteiger partial charge in [-0.25, -0.2) is 4.79 Å². The molecule has 0 aliphatic carbocycles. The Bertz CT molecular complexity index is 756. The molecule has 2 aliphatic heterocycles. The summed E-state index contributed by atoms with van der Waals surface area (Å²) in [6.07, 6.45) is 0.202. The molecule has 126 valence electrons. The van der Waals surface area contributed by atoms with Gasteiger partial charge in [-0.2, -0.15) is 0 Å². The molecule has 0 atom stereocenters. The Labute approximate surface area is 138 Å². The zero-order valence-electron chi connectivity index (χ0n) is 13.1. The molecule has 2 heterocycles. The second kappa shape index (κ2) is 6.32. The summed E-state index contributed by atoms with van der Waals surface area (Å²) in [5, 5.41) is 14.8. The summed E-state index contributed by atoms with van der Waals surface area (Å²) in [6.45, 7) is -0.00925. The highest BCUT2D eigenvalue weighted by molar-refractivity contribution is 6.09. The summed E-state index contributed by atoms with van der Waals surface area (Å²) in [5.74, 6) is -1.12. The molecule has 1 aromatic carbocycles. The molecule has 0 bridgehead atoms. The monoisotopic (exact) mass is 331 g/mol. The van der Waals surface area contributed by atoms with Gasteiger partial charge in [-0.3, -0.25) is 9.59 Å². The number of benzene rings is 1. The molecule has 0 saturated carbocycles. The van der Waals surface area contributed by atoms with E-state index in [4.69, 9.17) is 9.84 Å². The third-order valence-electron chi connectivity index (χ3n) is 4.00. The Morgan fingerprint density at radius 1 is 1.42 bits per heavy atom. The van der Waals surface area contributed by atoms with Crippen LogP contribution in [0.5, 0.6) is 0 Å². The normalized spacial score (nSPS) is 16.3. The number of esters is 1. The highest BCUT2D eigenvalue weighted by Crippen LogP contribution is 2.32. The fraction of sp³-hybridized carbons (Fsp3) is 0.312. The quantitative estimate of drug-likeness (QED) is 0.648. The van der Waals surface area contributed by atoms with Gasteiger partial charge < -0.3 is 25.4 Å². The van der Waals surface area contributed by atoms with Crippen LogP contribution in [0.15, 0.2) is 29.5 Å². The first-order valence-corrected chi connectivity index (χ1v) is 7.45. The van der Waals surface area contributed by atoms with Crippen LogP contribution in [-0.2, 0) is 25.5 Å². The lowest BCUT2D eigenvalue weighted by molar-refractivity contribution is -0.136. The predicted octanol–water partition coefficient (Wildman–Crippen LogP) is -0.145. The van der Waals surface area contributed by atoms with Gasteiger partial charge in [0.15, 0.2) is 0 Å². The molecular weight excluding hydrogens is 314 g/mol. The van der Waals surface area contributed by atoms with E-state index in [0.29, 0.717) is 11.4 Å². The van der Waals surface area contributed by atoms with Crippen LogP contribution in [0, 0.1) is 0 Å². The smallest absolute Gasteiger partial charge is 0.337 e. The second-order valence-corrected chi connectivity index (χ2v) is 5.48. The standard InChI is InChI=1S/C16H17N3O5/c1-24-16(23)10-8-19(5-6-20)15(22)14(10)18-12-4-2-3-11-9(12)7-13(21)17-11/h2-4,18,20H,5-8H2,1H3,(H,17,21). The van der Waals surface area contributed by atoms with E-state index in [1.54, 1.807) is 18.2 Å². The number of nitrogens with zero attached hydrogens (tertiary/aromatic N) is 1. The summed E-state index contributed by atoms with van der Waals surface area (Å²) < 4.78 is 4.74. The number of aliphatic hydroxyl groups excluding tert-OH is 1. The van der Waals surface area contributed by atoms with E-state index in [1.807, 2.05) is 0 Å². The minimum atomic E-state index is -0.604. The molecule has 0 aromatic heterocycles. The Balaban J connectivity index is 1.95. The van der Waals surface area contributed by atoms with E-state index in [2.05, 4.69) is 10.6 Å². The number of β-amino-alcohol motifs (C(OH)–C–C–N with tert-alkyl or cyclic N) is 1. The first-order chi connectivity index (χ1) is 11.5. The van der Waals surface area contributed by atoms with Crippen LogP contribution < -0.4 is 10.6 Å². The zero-order valence-corrected chi connectivity index (χ0v) is 13.1. The number of methoxy groups -OCH3 is 1. The lowest BCUT2D eigenvalue weighted by atomic mass is 10.1. The van der Waals surface area contributed by atoms with E-state index in [0.717, 1.165) is 5.56 Å². The van der Waals surface area contributed by atoms with E-state index >= 15 is 0 Å². The van der Waals surface area contributed by atoms with Crippen LogP contribution in [0.3, 0.4) is 0 Å². The molecule has 0 unspecified atom stereocenters. The van der Waals surface area contributed by atoms with Crippen molar-refractivity contribution in [1.82, 2.24) is 4.90 Å². The van der Waals surface area contributed by atoms with Crippen molar-refractivity contribution >= 4 is 29.2 Å². The second-order valence-electron chi connectivity index (χ2n) is 5.48. The number of fused-ring (bicyclic) bond motifs is 1. The number of carbonyl (C=O) groups is 3. The van der Waals surface area contributed by atoms with Gasteiger partial charge in [-0.1, -0.05) is 6.07 Å². The molecule has 3 N–H and O–H groups in total. The van der Waals surface area contributed by atoms with Crippen molar-refractivity contribution in [2.24, 2.45) is 0 Å². The van der Waals surface area contributed by atoms with Crippen LogP contribution in [0.25, 0.3) is 0 Å². The molecule has 2 aliphatic rings. The molecular formula is C16H17N3O5. The fourth-order valence-corrected chi connectivity index (χ4v) is 2.85. The first kappa shape index (κ1) is 16.0. The highest BCUT2D eigenvalue weighted by atomic mass is 16.5. The number of ether oxygens (including phenoxy) is 1. The van der Waals surface area contributed by atoms with Crippen molar-refractivity contribution < 1.29 is 24.2 Å². The SMILES string of the molecule is COC(=O)C1=C(Nc2cccc3c2CC(=O)N3)C(=O)N(CCO)C1. The average molecular weight is 331 g/mol. The van der Waals surface area contributed by atoms with Gasteiger partial charge in [-0.05, 0) is 12.1 Å². The molecule has 0 spiro atoms. The molecule has 0 fully saturated rings. The topological polar surface area (TPSA) is 108 Å². The Morgan fingerprint density at radius 2 is 2.21 bits per heavy atom. The van der Waals surface area contributed by atoms with Crippen LogP contribution in [0.4, 0.5) is 11.4 Å². The number of hydrogen-bond donors (Lipinski definition) is 3. The highest BCUT2D eigenvalue weighted by Gasteiger charge is 2.35. The maximum atomic E-state index is 12.5. The third-order valence-corrected chi connectivity index (χ3v) is 4.00. The van der Waals surface area contributed by atoms with Gasteiger partial charge in [0.2, 0.25) is 5.91 Å². The maximum Gasteiger partial charge on any atom is 0.337 e. The summed E-state index contributed by atoms with van der Waals surface area (Å²) in [7, 11) is 1.24. The lowest BCUT2D eigenvalue weighted by Gasteiger charge is -2.15. The number of rotatable bonds is 5. The molecule has 2 amide bonds. The van der Waals surface area contributed by atoms with Gasteiger partial charge in [0.05, 0.1) is 32.3 Å². The summed E-state index contributed by atoms with van der Waals surface area (Å²) >= 11 is 0. The predicted molar refractivity (Wildman–Crippen MR) is 85.1 cm³/mol. The summed E-state index contributed by atoms with van der Waals surface area (Å²) in [6, 6.07) is 5.26. The van der Waals surface area contributed by atoms with Crippen LogP contribution >= 0.6 is 0 Å². The Hall–Kier alpha value is -2.87. The summed E-state index contributed by atoms with van der Waals surface area (Å²) in [5.41, 5.74) is 2.32. The minimum Gasteiger partial charge on any atom is -0.466 e. The minimum absolute atomic E-state index is 0.0700. The number of nitrogens with one attached hydrogen (secondary N) is 2. The zero-order chi connectivity index (χ0) is 17.3. The van der Waals surface area contributed by atoms with E-state index in [1.165, 1.54) is 12.0 Å². The largest absolute Gasteiger partial charge is 0.466 e. The van der Waals surface area contributed by atoms with Crippen molar-refractivity contribution in [2.75, 3.05) is 37.4 Å². The van der Waals surface area contributed by atoms with Gasteiger partial charge >= 0.3 is 5.97 Å². The molecule has 8 nitrogen and oxygen atoms in total. The summed E-state index contributed by atoms with van der Waals surface area (Å²) in [4.78, 5) is 37.4. The van der Waals surface area contributed by atoms with Crippen LogP contribution in [-0.4, -0.2) is 54.6 Å². The molecule has 0 radical (unpaired) electrons. The first-order valence-electron chi connectivity index (χ1n) is 7.45. The Morgan fingerprint density at radius 3 is 2.92 bits per heavy atom. The molecule has 24 heavy (non-hydrogen) atoms. The van der Waals surface area contributed by atoms with E-state index in [9.17, 15) is 14.4 Å². The fourth-order valence-electron chi connectivity index (χ4n) is 2.85. The third kappa shape index (κ3) is 2.71. The number of amides is 2. The lowest BCUT2D eigenvalue weighted by Crippen LogP contribution is -2.31. The van der Waals surface area contributed by atoms with Crippen LogP contribution in [0.1, 0.15) is 5.56 Å². The maximum absolute atomic E-state index is 12.5. The molecule has 8 heteroatoms. The van der Waals surface area contributed by atoms with Crippen molar-refractivity contribution in [3.8, 4) is 0 Å². The molecule has 3 rings (SSSR count). The van der Waals surface area contributed by atoms with Crippen LogP contribution in [0.2, 0.25) is 0 Å². The van der Waals surface area contributed by atoms with Gasteiger partial charge in [-0.15, -0.1) is 0 Å². The van der Waals surface area contributed by atoms with Gasteiger partial charge in [0.25, 0.3) is 5.91 Å². The van der Waals surface area contributed by atoms with Crippen molar-refractivity contribution in [1.29, 1.82) is 0 Å². The van der Waals surface area contributed by atoms with Crippen molar-refractivity contribution in [2.45, 2.75) is 6.42 Å². The molecule has 1 aromatic rings. The number of hydrogen-bond acceptors (Lipinski definition) is 6.